The molecule has 0 aromatic heterocycles. The van der Waals surface area contributed by atoms with Gasteiger partial charge >= 0.3 is 0 Å². The van der Waals surface area contributed by atoms with Crippen molar-refractivity contribution >= 4 is 17.5 Å². The van der Waals surface area contributed by atoms with Crippen LogP contribution in [0.2, 0.25) is 0 Å². The molecule has 2 N–H and O–H groups in total. The van der Waals surface area contributed by atoms with Gasteiger partial charge in [0, 0.05) is 18.5 Å². The fourth-order valence-corrected chi connectivity index (χ4v) is 3.79. The average molecular weight is 397 g/mol. The van der Waals surface area contributed by atoms with Crippen LogP contribution in [0.25, 0.3) is 0 Å². The molecule has 0 saturated carbocycles. The van der Waals surface area contributed by atoms with Gasteiger partial charge in [-0.25, -0.2) is 0 Å². The molecule has 154 valence electrons. The Bertz CT molecular complexity index is 853. The molecule has 0 fully saturated rings. The van der Waals surface area contributed by atoms with Crippen LogP contribution in [0.5, 0.6) is 5.75 Å². The Hall–Kier alpha value is -2.86. The summed E-state index contributed by atoms with van der Waals surface area (Å²) >= 11 is 0. The highest BCUT2D eigenvalue weighted by molar-refractivity contribution is 5.95. The Kier molecular flexibility index (Phi) is 7.25. The lowest BCUT2D eigenvalue weighted by Crippen LogP contribution is -3.12. The minimum Gasteiger partial charge on any atom is -0.495 e. The van der Waals surface area contributed by atoms with E-state index in [0.717, 1.165) is 25.9 Å². The predicted molar refractivity (Wildman–Crippen MR) is 113 cm³/mol. The van der Waals surface area contributed by atoms with Gasteiger partial charge in [-0.3, -0.25) is 9.59 Å². The summed E-state index contributed by atoms with van der Waals surface area (Å²) in [7, 11) is 1.57. The number of nitrogens with one attached hydrogen (secondary N) is 2. The zero-order valence-electron chi connectivity index (χ0n) is 17.2. The predicted octanol–water partition coefficient (Wildman–Crippen LogP) is 1.51. The third-order valence-electron chi connectivity index (χ3n) is 5.27. The van der Waals surface area contributed by atoms with Crippen molar-refractivity contribution < 1.29 is 19.2 Å². The molecule has 6 nitrogen and oxygen atoms in total. The molecule has 0 spiro atoms. The lowest BCUT2D eigenvalue weighted by molar-refractivity contribution is -0.908. The fraction of sp³-hybridized carbons (Fsp3) is 0.391. The minimum atomic E-state index is -0.213. The zero-order chi connectivity index (χ0) is 20.6. The van der Waals surface area contributed by atoms with Gasteiger partial charge in [-0.2, -0.15) is 0 Å². The number of ether oxygens (including phenoxy) is 1. The Morgan fingerprint density at radius 2 is 1.83 bits per heavy atom. The molecule has 1 atom stereocenters. The van der Waals surface area contributed by atoms with E-state index in [1.165, 1.54) is 16.0 Å². The monoisotopic (exact) mass is 396 g/mol. The molecule has 0 bridgehead atoms. The second-order valence-corrected chi connectivity index (χ2v) is 7.44. The first-order valence-corrected chi connectivity index (χ1v) is 10.2. The van der Waals surface area contributed by atoms with Crippen LogP contribution in [0.3, 0.4) is 0 Å². The smallest absolute Gasteiger partial charge is 0.278 e. The first-order chi connectivity index (χ1) is 14.1. The topological polar surface area (TPSA) is 63.1 Å². The summed E-state index contributed by atoms with van der Waals surface area (Å²) in [6, 6.07) is 15.7. The summed E-state index contributed by atoms with van der Waals surface area (Å²) in [4.78, 5) is 28.4. The minimum absolute atomic E-state index is 0.0245. The number of carbonyl (C=O) groups is 2. The molecule has 0 aliphatic carbocycles. The van der Waals surface area contributed by atoms with Crippen LogP contribution in [-0.4, -0.2) is 50.0 Å². The standard InChI is InChI=1S/C23H29N3O3/c1-3-13-26(16-22(27)24-20-10-6-7-11-21(20)29-2)23(28)17-25-14-12-18-8-4-5-9-19(18)15-25/h4-11H,3,12-17H2,1-2H3,(H,24,27)/p+1. The van der Waals surface area contributed by atoms with Gasteiger partial charge in [0.1, 0.15) is 18.8 Å². The van der Waals surface area contributed by atoms with Crippen LogP contribution in [0, 0.1) is 0 Å². The van der Waals surface area contributed by atoms with Crippen LogP contribution in [0.4, 0.5) is 5.69 Å². The van der Waals surface area contributed by atoms with Crippen LogP contribution in [0.1, 0.15) is 24.5 Å². The number of amides is 2. The fourth-order valence-electron chi connectivity index (χ4n) is 3.79. The summed E-state index contributed by atoms with van der Waals surface area (Å²) in [5.74, 6) is 0.414. The molecule has 2 aromatic rings. The number of hydrogen-bond acceptors (Lipinski definition) is 3. The van der Waals surface area contributed by atoms with Crippen LogP contribution >= 0.6 is 0 Å². The summed E-state index contributed by atoms with van der Waals surface area (Å²) in [6.45, 7) is 4.85. The van der Waals surface area contributed by atoms with E-state index < -0.39 is 0 Å². The molecule has 0 radical (unpaired) electrons. The van der Waals surface area contributed by atoms with E-state index in [0.29, 0.717) is 24.5 Å². The van der Waals surface area contributed by atoms with Crippen molar-refractivity contribution in [3.8, 4) is 5.75 Å². The Morgan fingerprint density at radius 1 is 1.10 bits per heavy atom. The summed E-state index contributed by atoms with van der Waals surface area (Å²) in [5.41, 5.74) is 3.31. The highest BCUT2D eigenvalue weighted by atomic mass is 16.5. The van der Waals surface area contributed by atoms with Crippen molar-refractivity contribution in [3.63, 3.8) is 0 Å². The lowest BCUT2D eigenvalue weighted by atomic mass is 10.00. The number of rotatable bonds is 8. The van der Waals surface area contributed by atoms with Crippen molar-refractivity contribution in [1.29, 1.82) is 0 Å². The molecule has 1 unspecified atom stereocenters. The first kappa shape index (κ1) is 20.9. The second-order valence-electron chi connectivity index (χ2n) is 7.44. The first-order valence-electron chi connectivity index (χ1n) is 10.2. The molecule has 1 heterocycles. The Morgan fingerprint density at radius 3 is 2.59 bits per heavy atom. The van der Waals surface area contributed by atoms with Crippen molar-refractivity contribution in [2.75, 3.05) is 38.6 Å². The third-order valence-corrected chi connectivity index (χ3v) is 5.27. The van der Waals surface area contributed by atoms with E-state index in [9.17, 15) is 9.59 Å². The summed E-state index contributed by atoms with van der Waals surface area (Å²) in [5, 5.41) is 2.86. The third kappa shape index (κ3) is 5.57. The quantitative estimate of drug-likeness (QED) is 0.711. The number of nitrogens with zero attached hydrogens (tertiary/aromatic N) is 1. The van der Waals surface area contributed by atoms with Crippen LogP contribution in [-0.2, 0) is 22.6 Å². The molecule has 2 aromatic carbocycles. The maximum Gasteiger partial charge on any atom is 0.278 e. The molecule has 1 aliphatic heterocycles. The van der Waals surface area contributed by atoms with Gasteiger partial charge in [-0.1, -0.05) is 43.3 Å². The van der Waals surface area contributed by atoms with Gasteiger partial charge in [-0.15, -0.1) is 0 Å². The van der Waals surface area contributed by atoms with Crippen LogP contribution in [0.15, 0.2) is 48.5 Å². The van der Waals surface area contributed by atoms with Crippen molar-refractivity contribution in [3.05, 3.63) is 59.7 Å². The van der Waals surface area contributed by atoms with E-state index in [1.807, 2.05) is 19.1 Å². The number of benzene rings is 2. The number of methoxy groups -OCH3 is 1. The van der Waals surface area contributed by atoms with Crippen LogP contribution < -0.4 is 15.0 Å². The van der Waals surface area contributed by atoms with E-state index in [4.69, 9.17) is 4.74 Å². The molecular formula is C23H30N3O3+. The number of para-hydroxylation sites is 2. The van der Waals surface area contributed by atoms with E-state index >= 15 is 0 Å². The maximum absolute atomic E-state index is 12.9. The van der Waals surface area contributed by atoms with Gasteiger partial charge in [0.2, 0.25) is 5.91 Å². The van der Waals surface area contributed by atoms with Crippen molar-refractivity contribution in [1.82, 2.24) is 4.90 Å². The lowest BCUT2D eigenvalue weighted by Gasteiger charge is -2.28. The van der Waals surface area contributed by atoms with Gasteiger partial charge in [0.05, 0.1) is 19.3 Å². The molecular weight excluding hydrogens is 366 g/mol. The number of fused-ring (bicyclic) bond motifs is 1. The van der Waals surface area contributed by atoms with Gasteiger partial charge in [0.15, 0.2) is 6.54 Å². The molecule has 0 saturated heterocycles. The second kappa shape index (κ2) is 10.1. The number of hydrogen-bond donors (Lipinski definition) is 2. The number of quaternary nitrogens is 1. The number of carbonyl (C=O) groups excluding carboxylic acids is 2. The van der Waals surface area contributed by atoms with Gasteiger partial charge < -0.3 is 19.9 Å². The van der Waals surface area contributed by atoms with E-state index in [1.54, 1.807) is 24.1 Å². The summed E-state index contributed by atoms with van der Waals surface area (Å²) in [6.07, 6.45) is 1.80. The largest absolute Gasteiger partial charge is 0.495 e. The molecule has 1 aliphatic rings. The zero-order valence-corrected chi connectivity index (χ0v) is 17.2. The molecule has 3 rings (SSSR count). The van der Waals surface area contributed by atoms with Crippen molar-refractivity contribution in [2.45, 2.75) is 26.3 Å². The van der Waals surface area contributed by atoms with E-state index in [2.05, 4.69) is 29.6 Å². The van der Waals surface area contributed by atoms with Gasteiger partial charge in [0.25, 0.3) is 5.91 Å². The highest BCUT2D eigenvalue weighted by Crippen LogP contribution is 2.22. The molecule has 29 heavy (non-hydrogen) atoms. The molecule has 6 heteroatoms. The maximum atomic E-state index is 12.9. The average Bonchev–Trinajstić information content (AvgIpc) is 2.73. The van der Waals surface area contributed by atoms with Gasteiger partial charge in [-0.05, 0) is 24.1 Å². The Labute approximate surface area is 172 Å². The Balaban J connectivity index is 1.58. The SMILES string of the molecule is CCCN(CC(=O)Nc1ccccc1OC)C(=O)C[NH+]1CCc2ccccc2C1. The highest BCUT2D eigenvalue weighted by Gasteiger charge is 2.25. The normalized spacial score (nSPS) is 15.3. The molecule has 2 amide bonds. The van der Waals surface area contributed by atoms with Crippen molar-refractivity contribution in [2.24, 2.45) is 0 Å². The summed E-state index contributed by atoms with van der Waals surface area (Å²) < 4.78 is 5.28. The van der Waals surface area contributed by atoms with E-state index in [-0.39, 0.29) is 18.4 Å². The number of anilines is 1.